The molecule has 0 radical (unpaired) electrons. The Kier molecular flexibility index (Phi) is 5.90. The minimum Gasteiger partial charge on any atom is -0.502 e. The molecule has 0 bridgehead atoms. The van der Waals surface area contributed by atoms with E-state index in [1.807, 2.05) is 12.1 Å². The van der Waals surface area contributed by atoms with Gasteiger partial charge in [-0.15, -0.1) is 0 Å². The van der Waals surface area contributed by atoms with Crippen molar-refractivity contribution in [2.24, 2.45) is 5.73 Å². The number of aromatic hydroxyl groups is 1. The van der Waals surface area contributed by atoms with Crippen LogP contribution in [0.4, 0.5) is 0 Å². The number of amides is 1. The predicted octanol–water partition coefficient (Wildman–Crippen LogP) is 2.18. The molecule has 0 aliphatic carbocycles. The number of carbonyl (C=O) groups excluding carboxylic acids is 1. The zero-order chi connectivity index (χ0) is 22.0. The first-order valence-corrected chi connectivity index (χ1v) is 10.4. The molecule has 0 spiro atoms. The van der Waals surface area contributed by atoms with Gasteiger partial charge in [0.1, 0.15) is 5.76 Å². The van der Waals surface area contributed by atoms with E-state index in [1.165, 1.54) is 12.5 Å². The fraction of sp³-hybridized carbons (Fsp3) is 0.348. The predicted molar refractivity (Wildman–Crippen MR) is 116 cm³/mol. The van der Waals surface area contributed by atoms with Crippen LogP contribution in [0.1, 0.15) is 48.7 Å². The van der Waals surface area contributed by atoms with Crippen molar-refractivity contribution < 1.29 is 14.3 Å². The number of piperidine rings is 1. The fourth-order valence-corrected chi connectivity index (χ4v) is 4.18. The molecule has 2 aromatic heterocycles. The van der Waals surface area contributed by atoms with E-state index >= 15 is 0 Å². The minimum atomic E-state index is -0.986. The molecular formula is C23H25N3O5. The van der Waals surface area contributed by atoms with Crippen molar-refractivity contribution >= 4 is 16.8 Å². The standard InChI is InChI=1S/C23H25N3O5/c24-20(28)12-16(17-10-14-6-2-3-7-18(14)25-23(17)30)22-21(29)19(27)11-15(31-22)13-26-8-4-1-5-9-26/h2-3,6-7,10-11,16,29H,1,4-5,8-9,12-13H2,(H2,24,28)(H,25,30)/t16-/m0/s1. The molecule has 0 saturated carbocycles. The lowest BCUT2D eigenvalue weighted by Crippen LogP contribution is -2.29. The minimum absolute atomic E-state index is 0.112. The zero-order valence-electron chi connectivity index (χ0n) is 17.1. The number of primary amides is 1. The molecule has 4 rings (SSSR count). The van der Waals surface area contributed by atoms with Crippen LogP contribution >= 0.6 is 0 Å². The molecular weight excluding hydrogens is 398 g/mol. The number of nitrogens with one attached hydrogen (secondary N) is 1. The summed E-state index contributed by atoms with van der Waals surface area (Å²) in [6.07, 6.45) is 3.04. The monoisotopic (exact) mass is 423 g/mol. The molecule has 0 unspecified atom stereocenters. The average Bonchev–Trinajstić information content (AvgIpc) is 2.75. The van der Waals surface area contributed by atoms with Crippen LogP contribution in [-0.2, 0) is 11.3 Å². The second-order valence-corrected chi connectivity index (χ2v) is 7.99. The number of aromatic nitrogens is 1. The highest BCUT2D eigenvalue weighted by Crippen LogP contribution is 2.32. The first kappa shape index (κ1) is 20.9. The molecule has 3 heterocycles. The smallest absolute Gasteiger partial charge is 0.252 e. The molecule has 8 nitrogen and oxygen atoms in total. The number of nitrogens with two attached hydrogens (primary N) is 1. The molecule has 31 heavy (non-hydrogen) atoms. The van der Waals surface area contributed by atoms with E-state index < -0.39 is 28.6 Å². The molecule has 1 fully saturated rings. The van der Waals surface area contributed by atoms with E-state index in [-0.39, 0.29) is 17.7 Å². The summed E-state index contributed by atoms with van der Waals surface area (Å²) in [6.45, 7) is 2.21. The van der Waals surface area contributed by atoms with Crippen molar-refractivity contribution in [2.45, 2.75) is 38.1 Å². The molecule has 8 heteroatoms. The number of nitrogens with zero attached hydrogens (tertiary/aromatic N) is 1. The summed E-state index contributed by atoms with van der Waals surface area (Å²) >= 11 is 0. The Morgan fingerprint density at radius 3 is 2.65 bits per heavy atom. The van der Waals surface area contributed by atoms with Gasteiger partial charge in [0.2, 0.25) is 17.1 Å². The maximum Gasteiger partial charge on any atom is 0.252 e. The number of fused-ring (bicyclic) bond motifs is 1. The lowest BCUT2D eigenvalue weighted by atomic mass is 9.92. The number of H-pyrrole nitrogens is 1. The van der Waals surface area contributed by atoms with Crippen LogP contribution in [0.15, 0.2) is 50.4 Å². The summed E-state index contributed by atoms with van der Waals surface area (Å²) in [7, 11) is 0. The van der Waals surface area contributed by atoms with Crippen molar-refractivity contribution in [2.75, 3.05) is 13.1 Å². The molecule has 3 aromatic rings. The number of rotatable bonds is 6. The Balaban J connectivity index is 1.81. The van der Waals surface area contributed by atoms with E-state index in [9.17, 15) is 19.5 Å². The summed E-state index contributed by atoms with van der Waals surface area (Å²) in [5.41, 5.74) is 5.24. The fourth-order valence-electron chi connectivity index (χ4n) is 4.18. The van der Waals surface area contributed by atoms with Crippen molar-refractivity contribution in [3.8, 4) is 5.75 Å². The maximum absolute atomic E-state index is 12.8. The third-order valence-corrected chi connectivity index (χ3v) is 5.71. The van der Waals surface area contributed by atoms with Gasteiger partial charge in [-0.25, -0.2) is 0 Å². The highest BCUT2D eigenvalue weighted by Gasteiger charge is 2.28. The van der Waals surface area contributed by atoms with Crippen LogP contribution < -0.4 is 16.7 Å². The third kappa shape index (κ3) is 4.54. The van der Waals surface area contributed by atoms with E-state index in [1.54, 1.807) is 18.2 Å². The van der Waals surface area contributed by atoms with Crippen LogP contribution in [-0.4, -0.2) is 34.0 Å². The second kappa shape index (κ2) is 8.77. The van der Waals surface area contributed by atoms with E-state index in [0.717, 1.165) is 31.3 Å². The molecule has 1 aliphatic heterocycles. The summed E-state index contributed by atoms with van der Waals surface area (Å²) in [4.78, 5) is 42.1. The van der Waals surface area contributed by atoms with Gasteiger partial charge in [-0.3, -0.25) is 19.3 Å². The van der Waals surface area contributed by atoms with E-state index in [4.69, 9.17) is 10.2 Å². The van der Waals surface area contributed by atoms with Crippen molar-refractivity contribution in [1.82, 2.24) is 9.88 Å². The van der Waals surface area contributed by atoms with Crippen molar-refractivity contribution in [1.29, 1.82) is 0 Å². The Morgan fingerprint density at radius 1 is 1.16 bits per heavy atom. The number of hydrogen-bond acceptors (Lipinski definition) is 6. The first-order valence-electron chi connectivity index (χ1n) is 10.4. The zero-order valence-corrected chi connectivity index (χ0v) is 17.1. The summed E-state index contributed by atoms with van der Waals surface area (Å²) in [5, 5.41) is 11.2. The van der Waals surface area contributed by atoms with Gasteiger partial charge in [0.15, 0.2) is 5.76 Å². The summed E-state index contributed by atoms with van der Waals surface area (Å²) in [6, 6.07) is 10.1. The Labute approximate surface area is 178 Å². The number of aromatic amines is 1. The van der Waals surface area contributed by atoms with Crippen LogP contribution in [0.3, 0.4) is 0 Å². The van der Waals surface area contributed by atoms with Crippen LogP contribution in [0, 0.1) is 0 Å². The quantitative estimate of drug-likeness (QED) is 0.557. The number of para-hydroxylation sites is 1. The Bertz CT molecular complexity index is 1220. The van der Waals surface area contributed by atoms with Gasteiger partial charge in [-0.1, -0.05) is 24.6 Å². The lowest BCUT2D eigenvalue weighted by molar-refractivity contribution is -0.118. The largest absolute Gasteiger partial charge is 0.502 e. The third-order valence-electron chi connectivity index (χ3n) is 5.71. The van der Waals surface area contributed by atoms with Crippen molar-refractivity contribution in [3.05, 3.63) is 74.1 Å². The molecule has 1 aromatic carbocycles. The number of carbonyl (C=O) groups is 1. The highest BCUT2D eigenvalue weighted by atomic mass is 16.4. The van der Waals surface area contributed by atoms with Crippen LogP contribution in [0.25, 0.3) is 10.9 Å². The molecule has 1 atom stereocenters. The summed E-state index contributed by atoms with van der Waals surface area (Å²) in [5.74, 6) is -2.01. The molecule has 4 N–H and O–H groups in total. The van der Waals surface area contributed by atoms with Crippen molar-refractivity contribution in [3.63, 3.8) is 0 Å². The second-order valence-electron chi connectivity index (χ2n) is 7.99. The van der Waals surface area contributed by atoms with E-state index in [2.05, 4.69) is 9.88 Å². The first-order chi connectivity index (χ1) is 14.9. The number of likely N-dealkylation sites (tertiary alicyclic amines) is 1. The maximum atomic E-state index is 12.8. The van der Waals surface area contributed by atoms with Gasteiger partial charge < -0.3 is 20.2 Å². The topological polar surface area (TPSA) is 130 Å². The highest BCUT2D eigenvalue weighted by molar-refractivity contribution is 5.80. The van der Waals surface area contributed by atoms with Crippen LogP contribution in [0.5, 0.6) is 5.75 Å². The van der Waals surface area contributed by atoms with Crippen LogP contribution in [0.2, 0.25) is 0 Å². The van der Waals surface area contributed by atoms with Gasteiger partial charge in [-0.05, 0) is 43.5 Å². The number of hydrogen-bond donors (Lipinski definition) is 3. The van der Waals surface area contributed by atoms with Gasteiger partial charge >= 0.3 is 0 Å². The summed E-state index contributed by atoms with van der Waals surface area (Å²) < 4.78 is 5.92. The van der Waals surface area contributed by atoms with Gasteiger partial charge in [0.25, 0.3) is 5.56 Å². The normalized spacial score (nSPS) is 15.7. The molecule has 1 aliphatic rings. The van der Waals surface area contributed by atoms with Gasteiger partial charge in [0, 0.05) is 23.6 Å². The lowest BCUT2D eigenvalue weighted by Gasteiger charge is -2.26. The molecule has 1 saturated heterocycles. The number of benzene rings is 1. The SMILES string of the molecule is NC(=O)C[C@H](c1oc(CN2CCCCC2)cc(=O)c1O)c1cc2ccccc2[nH]c1=O. The molecule has 162 valence electrons. The Morgan fingerprint density at radius 2 is 1.90 bits per heavy atom. The Hall–Kier alpha value is -3.39. The van der Waals surface area contributed by atoms with E-state index in [0.29, 0.717) is 17.8 Å². The average molecular weight is 423 g/mol. The number of pyridine rings is 1. The van der Waals surface area contributed by atoms with Gasteiger partial charge in [0.05, 0.1) is 12.5 Å². The molecule has 1 amide bonds. The van der Waals surface area contributed by atoms with Gasteiger partial charge in [-0.2, -0.15) is 0 Å².